The number of nitrogens with zero attached hydrogens (tertiary/aromatic N) is 2. The van der Waals surface area contributed by atoms with E-state index in [1.165, 1.54) is 6.42 Å². The zero-order chi connectivity index (χ0) is 27.8. The van der Waals surface area contributed by atoms with Gasteiger partial charge in [-0.1, -0.05) is 26.0 Å². The van der Waals surface area contributed by atoms with Gasteiger partial charge in [0.1, 0.15) is 11.6 Å². The number of pyridine rings is 1. The van der Waals surface area contributed by atoms with E-state index in [9.17, 15) is 14.4 Å². The fourth-order valence-corrected chi connectivity index (χ4v) is 8.32. The molecule has 3 aliphatic carbocycles. The summed E-state index contributed by atoms with van der Waals surface area (Å²) in [5.74, 6) is 3.07. The molecule has 4 amide bonds. The molecule has 2 heterocycles. The van der Waals surface area contributed by atoms with Crippen LogP contribution in [0.15, 0.2) is 30.4 Å². The summed E-state index contributed by atoms with van der Waals surface area (Å²) in [7, 11) is 3.90. The molecule has 0 saturated heterocycles. The van der Waals surface area contributed by atoms with E-state index >= 15 is 0 Å². The summed E-state index contributed by atoms with van der Waals surface area (Å²) in [5.41, 5.74) is 0.187. The molecule has 0 unspecified atom stereocenters. The molecule has 3 fully saturated rings. The molecule has 4 aliphatic rings. The Bertz CT molecular complexity index is 1140. The van der Waals surface area contributed by atoms with Gasteiger partial charge in [0.25, 0.3) is 0 Å². The lowest BCUT2D eigenvalue weighted by Crippen LogP contribution is -2.59. The Hall–Kier alpha value is -2.94. The van der Waals surface area contributed by atoms with E-state index in [4.69, 9.17) is 0 Å². The minimum absolute atomic E-state index is 0.0160. The number of aromatic nitrogens is 1. The van der Waals surface area contributed by atoms with Crippen LogP contribution in [0.2, 0.25) is 0 Å². The zero-order valence-corrected chi connectivity index (χ0v) is 23.8. The topological polar surface area (TPSA) is 115 Å². The molecule has 1 aromatic rings. The number of hydrogen-bond donors (Lipinski definition) is 4. The van der Waals surface area contributed by atoms with Gasteiger partial charge in [0.15, 0.2) is 0 Å². The number of carbonyl (C=O) groups is 3. The molecule has 0 spiro atoms. The van der Waals surface area contributed by atoms with Crippen molar-refractivity contribution in [2.75, 3.05) is 37.8 Å². The first kappa shape index (κ1) is 27.6. The maximum atomic E-state index is 13.2. The monoisotopic (exact) mass is 536 g/mol. The fraction of sp³-hybridized carbons (Fsp3) is 0.667. The molecular formula is C30H44N6O3. The number of nitrogens with one attached hydrogen (secondary N) is 4. The van der Waals surface area contributed by atoms with Gasteiger partial charge >= 0.3 is 6.03 Å². The van der Waals surface area contributed by atoms with Crippen molar-refractivity contribution < 1.29 is 14.4 Å². The number of likely N-dealkylation sites (N-methyl/N-ethyl adjacent to an activating group) is 1. The van der Waals surface area contributed by atoms with Crippen LogP contribution in [0.4, 0.5) is 16.4 Å². The minimum Gasteiger partial charge on any atom is -0.349 e. The molecule has 9 heteroatoms. The Balaban J connectivity index is 1.18. The highest BCUT2D eigenvalue weighted by molar-refractivity contribution is 5.91. The predicted octanol–water partition coefficient (Wildman–Crippen LogP) is 4.01. The van der Waals surface area contributed by atoms with Gasteiger partial charge in [-0.3, -0.25) is 14.9 Å². The first-order valence-corrected chi connectivity index (χ1v) is 14.5. The van der Waals surface area contributed by atoms with Crippen LogP contribution in [0.1, 0.15) is 58.8 Å². The Kier molecular flexibility index (Phi) is 7.73. The van der Waals surface area contributed by atoms with Crippen LogP contribution in [0.25, 0.3) is 0 Å². The van der Waals surface area contributed by atoms with Crippen molar-refractivity contribution in [2.24, 2.45) is 34.5 Å². The van der Waals surface area contributed by atoms with Crippen LogP contribution in [0.5, 0.6) is 0 Å². The van der Waals surface area contributed by atoms with E-state index in [1.807, 2.05) is 19.0 Å². The molecular weight excluding hydrogens is 492 g/mol. The van der Waals surface area contributed by atoms with Gasteiger partial charge in [-0.05, 0) is 99.9 Å². The number of carbonyl (C=O) groups excluding carboxylic acids is 3. The van der Waals surface area contributed by atoms with E-state index in [-0.39, 0.29) is 34.7 Å². The fourth-order valence-electron chi connectivity index (χ4n) is 8.32. The van der Waals surface area contributed by atoms with Crippen molar-refractivity contribution in [1.29, 1.82) is 0 Å². The van der Waals surface area contributed by atoms with Crippen molar-refractivity contribution in [3.05, 3.63) is 30.4 Å². The zero-order valence-electron chi connectivity index (χ0n) is 23.8. The van der Waals surface area contributed by atoms with Crippen LogP contribution in [-0.4, -0.2) is 61.0 Å². The van der Waals surface area contributed by atoms with Crippen molar-refractivity contribution in [2.45, 2.75) is 64.8 Å². The van der Waals surface area contributed by atoms with Crippen LogP contribution in [0, 0.1) is 34.5 Å². The van der Waals surface area contributed by atoms with E-state index in [0.717, 1.165) is 38.6 Å². The molecule has 0 radical (unpaired) electrons. The summed E-state index contributed by atoms with van der Waals surface area (Å²) in [6.07, 6.45) is 11.1. The van der Waals surface area contributed by atoms with Crippen molar-refractivity contribution in [3.8, 4) is 0 Å². The third kappa shape index (κ3) is 5.55. The number of rotatable bonds is 7. The molecule has 0 bridgehead atoms. The SMILES string of the molecule is CN(C)CCNC(=O)Nc1cccc(NC(=O)C[C@H]2CC[C@H]3[C@@H]4CC[C@H]5NC(=O)C=C[C@]5(C)[C@H]4CC[C@]23C)n1. The highest BCUT2D eigenvalue weighted by Crippen LogP contribution is 2.65. The molecule has 5 rings (SSSR count). The van der Waals surface area contributed by atoms with Crippen LogP contribution in [-0.2, 0) is 9.59 Å². The van der Waals surface area contributed by atoms with Gasteiger partial charge in [0, 0.05) is 31.0 Å². The predicted molar refractivity (Wildman–Crippen MR) is 152 cm³/mol. The largest absolute Gasteiger partial charge is 0.349 e. The second-order valence-electron chi connectivity index (χ2n) is 12.9. The van der Waals surface area contributed by atoms with Gasteiger partial charge in [0.05, 0.1) is 0 Å². The summed E-state index contributed by atoms with van der Waals surface area (Å²) in [6, 6.07) is 5.18. The van der Waals surface area contributed by atoms with Gasteiger partial charge in [0.2, 0.25) is 11.8 Å². The van der Waals surface area contributed by atoms with Gasteiger partial charge in [-0.15, -0.1) is 0 Å². The summed E-state index contributed by atoms with van der Waals surface area (Å²) < 4.78 is 0. The summed E-state index contributed by atoms with van der Waals surface area (Å²) >= 11 is 0. The number of amides is 4. The van der Waals surface area contributed by atoms with Gasteiger partial charge in [-0.25, -0.2) is 9.78 Å². The Morgan fingerprint density at radius 3 is 2.59 bits per heavy atom. The first-order chi connectivity index (χ1) is 18.6. The third-order valence-electron chi connectivity index (χ3n) is 10.4. The van der Waals surface area contributed by atoms with Gasteiger partial charge in [-0.2, -0.15) is 0 Å². The van der Waals surface area contributed by atoms with Crippen LogP contribution in [0.3, 0.4) is 0 Å². The number of hydrogen-bond acceptors (Lipinski definition) is 5. The highest BCUT2D eigenvalue weighted by Gasteiger charge is 2.59. The first-order valence-electron chi connectivity index (χ1n) is 14.5. The molecule has 212 valence electrons. The average molecular weight is 537 g/mol. The van der Waals surface area contributed by atoms with E-state index in [0.29, 0.717) is 48.3 Å². The number of fused-ring (bicyclic) bond motifs is 5. The Morgan fingerprint density at radius 2 is 1.82 bits per heavy atom. The van der Waals surface area contributed by atoms with Crippen molar-refractivity contribution >= 4 is 29.5 Å². The molecule has 3 saturated carbocycles. The minimum atomic E-state index is -0.317. The number of urea groups is 1. The van der Waals surface area contributed by atoms with Crippen molar-refractivity contribution in [1.82, 2.24) is 20.5 Å². The summed E-state index contributed by atoms with van der Waals surface area (Å²) in [6.45, 7) is 6.04. The molecule has 39 heavy (non-hydrogen) atoms. The third-order valence-corrected chi connectivity index (χ3v) is 10.4. The molecule has 1 aliphatic heterocycles. The second-order valence-corrected chi connectivity index (χ2v) is 12.9. The highest BCUT2D eigenvalue weighted by atomic mass is 16.2. The Morgan fingerprint density at radius 1 is 1.05 bits per heavy atom. The summed E-state index contributed by atoms with van der Waals surface area (Å²) in [5, 5.41) is 11.8. The van der Waals surface area contributed by atoms with E-state index in [1.54, 1.807) is 24.3 Å². The smallest absolute Gasteiger partial charge is 0.320 e. The summed E-state index contributed by atoms with van der Waals surface area (Å²) in [4.78, 5) is 43.7. The molecule has 1 aromatic heterocycles. The van der Waals surface area contributed by atoms with Gasteiger partial charge < -0.3 is 20.9 Å². The number of anilines is 2. The standard InChI is InChI=1S/C30H44N6O3/c1-29-14-12-22-20(9-11-23-30(22,2)15-13-26(37)32-23)21(29)10-8-19(29)18-27(38)34-24-6-5-7-25(33-24)35-28(39)31-16-17-36(3)4/h5-7,13,15,19-23H,8-12,14,16-18H2,1-4H3,(H,32,37)(H3,31,33,34,35,38,39)/t19-,20+,21+,22+,23-,29-,30-/m1/s1. The normalized spacial score (nSPS) is 34.9. The Labute approximate surface area is 232 Å². The van der Waals surface area contributed by atoms with Crippen molar-refractivity contribution in [3.63, 3.8) is 0 Å². The second kappa shape index (κ2) is 10.9. The van der Waals surface area contributed by atoms with Crippen LogP contribution >= 0.6 is 0 Å². The average Bonchev–Trinajstić information content (AvgIpc) is 3.20. The molecule has 0 aromatic carbocycles. The van der Waals surface area contributed by atoms with Crippen LogP contribution < -0.4 is 21.3 Å². The maximum Gasteiger partial charge on any atom is 0.320 e. The maximum absolute atomic E-state index is 13.2. The molecule has 9 nitrogen and oxygen atoms in total. The lowest BCUT2D eigenvalue weighted by molar-refractivity contribution is -0.123. The molecule has 7 atom stereocenters. The lowest BCUT2D eigenvalue weighted by atomic mass is 9.48. The quantitative estimate of drug-likeness (QED) is 0.420. The molecule has 4 N–H and O–H groups in total. The van der Waals surface area contributed by atoms with E-state index in [2.05, 4.69) is 46.2 Å². The van der Waals surface area contributed by atoms with E-state index < -0.39 is 0 Å². The lowest BCUT2D eigenvalue weighted by Gasteiger charge is -2.59.